The summed E-state index contributed by atoms with van der Waals surface area (Å²) >= 11 is 1.78. The largest absolute Gasteiger partial charge is 0.457 e. The van der Waals surface area contributed by atoms with Crippen molar-refractivity contribution in [3.05, 3.63) is 180 Å². The molecule has 1 aliphatic carbocycles. The van der Waals surface area contributed by atoms with E-state index in [1.807, 2.05) is 18.2 Å². The molecule has 10 rings (SSSR count). The second-order valence-corrected chi connectivity index (χ2v) is 13.4. The lowest BCUT2D eigenvalue weighted by atomic mass is 9.66. The minimum Gasteiger partial charge on any atom is -0.457 e. The summed E-state index contributed by atoms with van der Waals surface area (Å²) in [5.41, 5.74) is 10.8. The van der Waals surface area contributed by atoms with Crippen molar-refractivity contribution in [3.63, 3.8) is 0 Å². The molecule has 2 aliphatic rings. The van der Waals surface area contributed by atoms with Crippen LogP contribution in [0.2, 0.25) is 0 Å². The lowest BCUT2D eigenvalue weighted by Gasteiger charge is -2.39. The van der Waals surface area contributed by atoms with E-state index >= 15 is 0 Å². The number of benzene rings is 7. The second-order valence-electron chi connectivity index (χ2n) is 12.3. The van der Waals surface area contributed by atoms with E-state index in [0.717, 1.165) is 45.1 Å². The van der Waals surface area contributed by atoms with Gasteiger partial charge in [-0.3, -0.25) is 0 Å². The number of hydrogen-bond acceptors (Lipinski definition) is 3. The fourth-order valence-corrected chi connectivity index (χ4v) is 9.02. The Balaban J connectivity index is 1.21. The van der Waals surface area contributed by atoms with E-state index in [-0.39, 0.29) is 5.82 Å². The number of ether oxygens (including phenoxy) is 1. The summed E-state index contributed by atoms with van der Waals surface area (Å²) in [5.74, 6) is 1.49. The van der Waals surface area contributed by atoms with Crippen LogP contribution in [-0.4, -0.2) is 0 Å². The second kappa shape index (κ2) is 9.89. The topological polar surface area (TPSA) is 21.3 Å². The van der Waals surface area contributed by atoms with Crippen molar-refractivity contribution in [1.82, 2.24) is 0 Å². The van der Waals surface area contributed by atoms with Gasteiger partial charge < -0.3 is 10.1 Å². The molecule has 2 heterocycles. The van der Waals surface area contributed by atoms with Gasteiger partial charge in [-0.05, 0) is 88.0 Å². The first-order valence-electron chi connectivity index (χ1n) is 15.8. The van der Waals surface area contributed by atoms with Crippen LogP contribution in [0.5, 0.6) is 11.5 Å². The third-order valence-corrected chi connectivity index (χ3v) is 10.9. The maximum Gasteiger partial charge on any atom is 0.132 e. The number of rotatable bonds is 3. The Morgan fingerprint density at radius 1 is 0.532 bits per heavy atom. The average molecular weight is 624 g/mol. The van der Waals surface area contributed by atoms with Gasteiger partial charge in [-0.25, -0.2) is 4.39 Å². The molecule has 0 radical (unpaired) electrons. The minimum atomic E-state index is -0.532. The van der Waals surface area contributed by atoms with E-state index in [1.165, 1.54) is 54.6 Å². The molecule has 0 amide bonds. The molecule has 1 aliphatic heterocycles. The van der Waals surface area contributed by atoms with Gasteiger partial charge in [-0.2, -0.15) is 0 Å². The lowest BCUT2D eigenvalue weighted by molar-refractivity contribution is 0.436. The SMILES string of the molecule is Fc1ccc(-c2cc(Nc3ccc4c(c3)C3(c5ccccc5O4)c4ccccc4-c4ccccc43)c3c(c2)sc2ccccc23)cc1. The highest BCUT2D eigenvalue weighted by Gasteiger charge is 2.51. The summed E-state index contributed by atoms with van der Waals surface area (Å²) in [6, 6.07) is 52.2. The molecule has 1 aromatic heterocycles. The van der Waals surface area contributed by atoms with E-state index in [1.54, 1.807) is 11.3 Å². The molecule has 47 heavy (non-hydrogen) atoms. The van der Waals surface area contributed by atoms with Gasteiger partial charge >= 0.3 is 0 Å². The molecule has 7 aromatic carbocycles. The predicted octanol–water partition coefficient (Wildman–Crippen LogP) is 12.1. The van der Waals surface area contributed by atoms with Gasteiger partial charge in [0.05, 0.1) is 5.41 Å². The number of thiophene rings is 1. The fourth-order valence-electron chi connectivity index (χ4n) is 7.85. The van der Waals surface area contributed by atoms with Gasteiger partial charge in [0, 0.05) is 42.7 Å². The average Bonchev–Trinajstić information content (AvgIpc) is 3.63. The quantitative estimate of drug-likeness (QED) is 0.211. The van der Waals surface area contributed by atoms with Crippen molar-refractivity contribution in [1.29, 1.82) is 0 Å². The van der Waals surface area contributed by atoms with Crippen LogP contribution in [0.25, 0.3) is 42.4 Å². The molecule has 1 spiro atoms. The number of anilines is 2. The van der Waals surface area contributed by atoms with Crippen molar-refractivity contribution in [3.8, 4) is 33.8 Å². The maximum atomic E-state index is 13.9. The number of fused-ring (bicyclic) bond motifs is 12. The molecular weight excluding hydrogens is 598 g/mol. The summed E-state index contributed by atoms with van der Waals surface area (Å²) in [7, 11) is 0. The monoisotopic (exact) mass is 623 g/mol. The van der Waals surface area contributed by atoms with Crippen molar-refractivity contribution in [2.45, 2.75) is 5.41 Å². The first-order chi connectivity index (χ1) is 23.2. The molecule has 0 bridgehead atoms. The summed E-state index contributed by atoms with van der Waals surface area (Å²) < 4.78 is 22.9. The van der Waals surface area contributed by atoms with Gasteiger partial charge in [0.15, 0.2) is 0 Å². The molecule has 1 N–H and O–H groups in total. The Hall–Kier alpha value is -5.71. The zero-order chi connectivity index (χ0) is 31.1. The fraction of sp³-hybridized carbons (Fsp3) is 0.0233. The Bertz CT molecular complexity index is 2500. The van der Waals surface area contributed by atoms with Crippen LogP contribution in [0.4, 0.5) is 15.8 Å². The number of hydrogen-bond donors (Lipinski definition) is 1. The summed E-state index contributed by atoms with van der Waals surface area (Å²) in [6.45, 7) is 0. The van der Waals surface area contributed by atoms with Gasteiger partial charge in [0.25, 0.3) is 0 Å². The van der Waals surface area contributed by atoms with E-state index < -0.39 is 5.41 Å². The Labute approximate surface area is 275 Å². The molecule has 0 fully saturated rings. The highest BCUT2D eigenvalue weighted by Crippen LogP contribution is 2.62. The summed E-state index contributed by atoms with van der Waals surface area (Å²) in [6.07, 6.45) is 0. The summed E-state index contributed by atoms with van der Waals surface area (Å²) in [4.78, 5) is 0. The van der Waals surface area contributed by atoms with Crippen LogP contribution in [0.15, 0.2) is 152 Å². The van der Waals surface area contributed by atoms with Crippen LogP contribution >= 0.6 is 11.3 Å². The lowest BCUT2D eigenvalue weighted by Crippen LogP contribution is -2.32. The molecular formula is C43H26FNOS. The molecule has 0 saturated heterocycles. The van der Waals surface area contributed by atoms with Crippen molar-refractivity contribution >= 4 is 42.9 Å². The number of para-hydroxylation sites is 1. The van der Waals surface area contributed by atoms with E-state index in [2.05, 4.69) is 127 Å². The third kappa shape index (κ3) is 3.76. The van der Waals surface area contributed by atoms with Gasteiger partial charge in [-0.15, -0.1) is 11.3 Å². The van der Waals surface area contributed by atoms with Crippen LogP contribution in [0.1, 0.15) is 22.3 Å². The van der Waals surface area contributed by atoms with Gasteiger partial charge in [0.1, 0.15) is 17.3 Å². The molecule has 4 heteroatoms. The first-order valence-corrected chi connectivity index (χ1v) is 16.6. The minimum absolute atomic E-state index is 0.239. The highest BCUT2D eigenvalue weighted by molar-refractivity contribution is 7.26. The van der Waals surface area contributed by atoms with Crippen LogP contribution in [0.3, 0.4) is 0 Å². The van der Waals surface area contributed by atoms with E-state index in [9.17, 15) is 4.39 Å². The zero-order valence-electron chi connectivity index (χ0n) is 25.1. The van der Waals surface area contributed by atoms with Crippen molar-refractivity contribution in [2.24, 2.45) is 0 Å². The number of nitrogens with one attached hydrogen (secondary N) is 1. The summed E-state index contributed by atoms with van der Waals surface area (Å²) in [5, 5.41) is 6.25. The molecule has 0 atom stereocenters. The zero-order valence-corrected chi connectivity index (χ0v) is 25.9. The highest BCUT2D eigenvalue weighted by atomic mass is 32.1. The Morgan fingerprint density at radius 2 is 1.19 bits per heavy atom. The maximum absolute atomic E-state index is 13.9. The van der Waals surface area contributed by atoms with Crippen LogP contribution in [-0.2, 0) is 5.41 Å². The van der Waals surface area contributed by atoms with Crippen molar-refractivity contribution in [2.75, 3.05) is 5.32 Å². The van der Waals surface area contributed by atoms with Crippen LogP contribution in [0, 0.1) is 5.82 Å². The Kier molecular flexibility index (Phi) is 5.58. The molecule has 0 unspecified atom stereocenters. The molecule has 0 saturated carbocycles. The standard InChI is InChI=1S/C43H26FNOS/c44-28-19-17-26(18-20-28)27-23-37(42-32-11-3-8-16-40(32)47-41(42)24-27)45-29-21-22-39-36(25-29)43(35-14-6-7-15-38(35)46-39)33-12-4-1-9-30(33)31-10-2-5-13-34(31)43/h1-25,45H. The van der Waals surface area contributed by atoms with E-state index in [0.29, 0.717) is 0 Å². The normalized spacial score (nSPS) is 13.6. The molecule has 222 valence electrons. The number of halogens is 1. The van der Waals surface area contributed by atoms with Gasteiger partial charge in [0.2, 0.25) is 0 Å². The third-order valence-electron chi connectivity index (χ3n) is 9.78. The van der Waals surface area contributed by atoms with Gasteiger partial charge in [-0.1, -0.05) is 97.1 Å². The first kappa shape index (κ1) is 26.5. The van der Waals surface area contributed by atoms with E-state index in [4.69, 9.17) is 4.74 Å². The Morgan fingerprint density at radius 3 is 1.98 bits per heavy atom. The van der Waals surface area contributed by atoms with Crippen molar-refractivity contribution < 1.29 is 9.13 Å². The predicted molar refractivity (Wildman–Crippen MR) is 192 cm³/mol. The molecule has 2 nitrogen and oxygen atoms in total. The molecule has 8 aromatic rings. The van der Waals surface area contributed by atoms with Crippen LogP contribution < -0.4 is 10.1 Å². The smallest absolute Gasteiger partial charge is 0.132 e.